The highest BCUT2D eigenvalue weighted by atomic mass is 16.5. The number of hydrogen-bond donors (Lipinski definition) is 1. The summed E-state index contributed by atoms with van der Waals surface area (Å²) in [7, 11) is 0. The van der Waals surface area contributed by atoms with Crippen molar-refractivity contribution in [3.63, 3.8) is 0 Å². The van der Waals surface area contributed by atoms with Gasteiger partial charge in [-0.1, -0.05) is 115 Å². The van der Waals surface area contributed by atoms with Gasteiger partial charge in [0.15, 0.2) is 0 Å². The Hall–Kier alpha value is -1.51. The molecule has 166 valence electrons. The van der Waals surface area contributed by atoms with Crippen LogP contribution in [0.5, 0.6) is 5.75 Å². The molecule has 3 nitrogen and oxygen atoms in total. The molecule has 1 aromatic rings. The lowest BCUT2D eigenvalue weighted by Gasteiger charge is -2.07. The van der Waals surface area contributed by atoms with E-state index in [0.29, 0.717) is 6.42 Å². The van der Waals surface area contributed by atoms with Crippen molar-refractivity contribution in [2.45, 2.75) is 116 Å². The first-order valence-electron chi connectivity index (χ1n) is 12.2. The van der Waals surface area contributed by atoms with Crippen LogP contribution in [0.25, 0.3) is 0 Å². The highest BCUT2D eigenvalue weighted by Gasteiger charge is 2.00. The highest BCUT2D eigenvalue weighted by molar-refractivity contribution is 5.76. The fraction of sp³-hybridized carbons (Fsp3) is 0.731. The summed E-state index contributed by atoms with van der Waals surface area (Å²) in [6.45, 7) is 3.06. The maximum absolute atomic E-state index is 10.9. The summed E-state index contributed by atoms with van der Waals surface area (Å²) in [4.78, 5) is 10.9. The van der Waals surface area contributed by atoms with Crippen LogP contribution in [-0.2, 0) is 11.2 Å². The van der Waals surface area contributed by atoms with E-state index in [2.05, 4.69) is 6.92 Å². The maximum atomic E-state index is 10.9. The first-order valence-corrected chi connectivity index (χ1v) is 12.2. The normalized spacial score (nSPS) is 10.9. The fourth-order valence-corrected chi connectivity index (χ4v) is 3.74. The molecule has 29 heavy (non-hydrogen) atoms. The number of hydrogen-bond acceptors (Lipinski definition) is 2. The van der Waals surface area contributed by atoms with Gasteiger partial charge in [0.1, 0.15) is 5.75 Å². The molecule has 0 bridgehead atoms. The molecule has 1 amide bonds. The summed E-state index contributed by atoms with van der Waals surface area (Å²) >= 11 is 0. The third kappa shape index (κ3) is 16.0. The van der Waals surface area contributed by atoms with Gasteiger partial charge in [-0.15, -0.1) is 0 Å². The molecule has 0 saturated carbocycles. The minimum absolute atomic E-state index is 0.291. The molecule has 0 spiro atoms. The molecule has 0 saturated heterocycles. The van der Waals surface area contributed by atoms with Gasteiger partial charge in [0, 0.05) is 0 Å². The van der Waals surface area contributed by atoms with E-state index in [0.717, 1.165) is 24.3 Å². The predicted molar refractivity (Wildman–Crippen MR) is 124 cm³/mol. The van der Waals surface area contributed by atoms with Gasteiger partial charge in [-0.3, -0.25) is 4.79 Å². The van der Waals surface area contributed by atoms with Crippen molar-refractivity contribution >= 4 is 5.91 Å². The van der Waals surface area contributed by atoms with E-state index in [9.17, 15) is 4.79 Å². The van der Waals surface area contributed by atoms with E-state index in [-0.39, 0.29) is 5.91 Å². The Labute approximate surface area is 179 Å². The van der Waals surface area contributed by atoms with Crippen molar-refractivity contribution in [3.05, 3.63) is 29.8 Å². The van der Waals surface area contributed by atoms with Crippen molar-refractivity contribution in [1.29, 1.82) is 0 Å². The van der Waals surface area contributed by atoms with E-state index >= 15 is 0 Å². The van der Waals surface area contributed by atoms with Crippen LogP contribution in [0.1, 0.15) is 115 Å². The fourth-order valence-electron chi connectivity index (χ4n) is 3.74. The Morgan fingerprint density at radius 2 is 1.10 bits per heavy atom. The molecule has 0 unspecified atom stereocenters. The number of benzene rings is 1. The molecule has 0 aliphatic rings. The molecule has 0 heterocycles. The largest absolute Gasteiger partial charge is 0.494 e. The molecular formula is C26H45NO2. The molecule has 0 aliphatic heterocycles. The molecular weight excluding hydrogens is 358 g/mol. The standard InChI is InChI=1S/C26H45NO2/c1-2-3-4-5-6-7-8-9-10-11-12-13-14-15-16-17-22-29-25-20-18-24(19-21-25)23-26(27)28/h18-21H,2-17,22-23H2,1H3,(H2,27,28). The number of nitrogens with two attached hydrogens (primary N) is 1. The number of carbonyl (C=O) groups is 1. The molecule has 2 N–H and O–H groups in total. The van der Waals surface area contributed by atoms with Crippen LogP contribution >= 0.6 is 0 Å². The summed E-state index contributed by atoms with van der Waals surface area (Å²) in [5.41, 5.74) is 6.14. The second kappa shape index (κ2) is 18.5. The molecule has 0 atom stereocenters. The monoisotopic (exact) mass is 403 g/mol. The summed E-state index contributed by atoms with van der Waals surface area (Å²) in [6.07, 6.45) is 22.4. The van der Waals surface area contributed by atoms with Gasteiger partial charge in [0.2, 0.25) is 5.91 Å². The predicted octanol–water partition coefficient (Wildman–Crippen LogP) is 7.35. The maximum Gasteiger partial charge on any atom is 0.221 e. The van der Waals surface area contributed by atoms with E-state index in [1.165, 1.54) is 96.3 Å². The Morgan fingerprint density at radius 3 is 1.52 bits per heavy atom. The van der Waals surface area contributed by atoms with Crippen molar-refractivity contribution in [2.75, 3.05) is 6.61 Å². The quantitative estimate of drug-likeness (QED) is 0.231. The van der Waals surface area contributed by atoms with Crippen LogP contribution in [-0.4, -0.2) is 12.5 Å². The van der Waals surface area contributed by atoms with Crippen molar-refractivity contribution < 1.29 is 9.53 Å². The lowest BCUT2D eigenvalue weighted by molar-refractivity contribution is -0.117. The zero-order chi connectivity index (χ0) is 21.0. The summed E-state index contributed by atoms with van der Waals surface area (Å²) in [6, 6.07) is 7.66. The number of amides is 1. The molecule has 0 aromatic heterocycles. The lowest BCUT2D eigenvalue weighted by atomic mass is 10.0. The topological polar surface area (TPSA) is 52.3 Å². The Balaban J connectivity index is 1.80. The van der Waals surface area contributed by atoms with Crippen LogP contribution in [0, 0.1) is 0 Å². The van der Waals surface area contributed by atoms with Crippen LogP contribution in [0.3, 0.4) is 0 Å². The van der Waals surface area contributed by atoms with Gasteiger partial charge in [-0.2, -0.15) is 0 Å². The van der Waals surface area contributed by atoms with Gasteiger partial charge < -0.3 is 10.5 Å². The van der Waals surface area contributed by atoms with Gasteiger partial charge in [-0.25, -0.2) is 0 Å². The number of ether oxygens (including phenoxy) is 1. The molecule has 0 fully saturated rings. The second-order valence-corrected chi connectivity index (χ2v) is 8.44. The van der Waals surface area contributed by atoms with Crippen LogP contribution in [0.15, 0.2) is 24.3 Å². The van der Waals surface area contributed by atoms with Crippen LogP contribution in [0.4, 0.5) is 0 Å². The minimum atomic E-state index is -0.299. The van der Waals surface area contributed by atoms with Gasteiger partial charge in [-0.05, 0) is 24.1 Å². The molecule has 1 aromatic carbocycles. The van der Waals surface area contributed by atoms with Crippen molar-refractivity contribution in [1.82, 2.24) is 0 Å². The average Bonchev–Trinajstić information content (AvgIpc) is 2.71. The van der Waals surface area contributed by atoms with E-state index < -0.39 is 0 Å². The smallest absolute Gasteiger partial charge is 0.221 e. The molecule has 3 heteroatoms. The minimum Gasteiger partial charge on any atom is -0.494 e. The summed E-state index contributed by atoms with van der Waals surface area (Å²) in [5, 5.41) is 0. The number of carbonyl (C=O) groups excluding carboxylic acids is 1. The number of unbranched alkanes of at least 4 members (excludes halogenated alkanes) is 15. The number of rotatable bonds is 20. The van der Waals surface area contributed by atoms with Gasteiger partial charge in [0.05, 0.1) is 13.0 Å². The zero-order valence-electron chi connectivity index (χ0n) is 18.9. The molecule has 0 radical (unpaired) electrons. The van der Waals surface area contributed by atoms with Crippen LogP contribution in [0.2, 0.25) is 0 Å². The van der Waals surface area contributed by atoms with Gasteiger partial charge >= 0.3 is 0 Å². The van der Waals surface area contributed by atoms with Crippen LogP contribution < -0.4 is 10.5 Å². The first-order chi connectivity index (χ1) is 14.2. The molecule has 0 aliphatic carbocycles. The highest BCUT2D eigenvalue weighted by Crippen LogP contribution is 2.15. The summed E-state index contributed by atoms with van der Waals surface area (Å²) < 4.78 is 5.77. The Kier molecular flexibility index (Phi) is 16.3. The first kappa shape index (κ1) is 25.5. The Bertz CT molecular complexity index is 498. The molecule has 1 rings (SSSR count). The third-order valence-electron chi connectivity index (χ3n) is 5.57. The Morgan fingerprint density at radius 1 is 0.690 bits per heavy atom. The average molecular weight is 404 g/mol. The number of primary amides is 1. The van der Waals surface area contributed by atoms with Gasteiger partial charge in [0.25, 0.3) is 0 Å². The summed E-state index contributed by atoms with van der Waals surface area (Å²) in [5.74, 6) is 0.575. The zero-order valence-corrected chi connectivity index (χ0v) is 18.9. The van der Waals surface area contributed by atoms with Crippen molar-refractivity contribution in [2.24, 2.45) is 5.73 Å². The lowest BCUT2D eigenvalue weighted by Crippen LogP contribution is -2.13. The SMILES string of the molecule is CCCCCCCCCCCCCCCCCCOc1ccc(CC(N)=O)cc1. The van der Waals surface area contributed by atoms with E-state index in [4.69, 9.17) is 10.5 Å². The van der Waals surface area contributed by atoms with E-state index in [1.807, 2.05) is 24.3 Å². The second-order valence-electron chi connectivity index (χ2n) is 8.44. The van der Waals surface area contributed by atoms with E-state index in [1.54, 1.807) is 0 Å². The van der Waals surface area contributed by atoms with Crippen molar-refractivity contribution in [3.8, 4) is 5.75 Å². The third-order valence-corrected chi connectivity index (χ3v) is 5.57.